The van der Waals surface area contributed by atoms with Crippen LogP contribution in [0.2, 0.25) is 0 Å². The van der Waals surface area contributed by atoms with Gasteiger partial charge in [-0.15, -0.1) is 0 Å². The average Bonchev–Trinajstić information content (AvgIpc) is 3.30. The molecule has 3 saturated heterocycles. The highest BCUT2D eigenvalue weighted by Crippen LogP contribution is 2.65. The number of carbonyl (C=O) groups is 3. The third kappa shape index (κ3) is 3.95. The molecule has 0 aromatic heterocycles. The third-order valence-corrected chi connectivity index (χ3v) is 8.34. The normalized spacial score (nSPS) is 34.4. The van der Waals surface area contributed by atoms with E-state index in [1.165, 1.54) is 4.90 Å². The SMILES string of the molecule is CC(C)NC(=O)C1N([C@@H](CO)C(C)C)C(=O)[C@@H]2[C@H](C(=O)NCc3ccccc3)[C@@]3(C)OC12CC3C. The van der Waals surface area contributed by atoms with E-state index in [9.17, 15) is 19.5 Å². The van der Waals surface area contributed by atoms with Crippen LogP contribution in [0, 0.1) is 23.7 Å². The van der Waals surface area contributed by atoms with Crippen molar-refractivity contribution in [3.05, 3.63) is 35.9 Å². The Morgan fingerprint density at radius 2 is 1.83 bits per heavy atom. The lowest BCUT2D eigenvalue weighted by molar-refractivity contribution is -0.152. The summed E-state index contributed by atoms with van der Waals surface area (Å²) >= 11 is 0. The van der Waals surface area contributed by atoms with E-state index in [1.807, 2.05) is 71.9 Å². The molecule has 3 amide bonds. The number of nitrogens with zero attached hydrogens (tertiary/aromatic N) is 1. The smallest absolute Gasteiger partial charge is 0.246 e. The zero-order chi connectivity index (χ0) is 25.7. The standard InChI is InChI=1S/C27H39N3O5/c1-15(2)19(14-31)30-22(24(33)29-16(3)4)27-12-17(5)26(6,35-27)20(21(27)25(30)34)23(32)28-13-18-10-8-7-9-11-18/h7-11,15-17,19-22,31H,12-14H2,1-6H3,(H,28,32)(H,29,33)/t17?,19-,20+,21-,22?,26-,27?/m0/s1. The topological polar surface area (TPSA) is 108 Å². The Morgan fingerprint density at radius 3 is 2.40 bits per heavy atom. The van der Waals surface area contributed by atoms with Gasteiger partial charge in [-0.3, -0.25) is 14.4 Å². The van der Waals surface area contributed by atoms with Crippen LogP contribution in [-0.4, -0.2) is 63.7 Å². The summed E-state index contributed by atoms with van der Waals surface area (Å²) in [5.74, 6) is -2.43. The minimum atomic E-state index is -1.11. The zero-order valence-corrected chi connectivity index (χ0v) is 21.6. The number of carbonyl (C=O) groups excluding carboxylic acids is 3. The Kier molecular flexibility index (Phi) is 6.74. The van der Waals surface area contributed by atoms with E-state index in [-0.39, 0.29) is 42.2 Å². The van der Waals surface area contributed by atoms with Gasteiger partial charge in [0.25, 0.3) is 0 Å². The molecule has 1 spiro atoms. The number of likely N-dealkylation sites (tertiary alicyclic amines) is 1. The van der Waals surface area contributed by atoms with Gasteiger partial charge in [-0.05, 0) is 44.6 Å². The highest BCUT2D eigenvalue weighted by atomic mass is 16.5. The van der Waals surface area contributed by atoms with E-state index in [0.717, 1.165) is 5.56 Å². The van der Waals surface area contributed by atoms with E-state index in [2.05, 4.69) is 10.6 Å². The lowest BCUT2D eigenvalue weighted by Gasteiger charge is -2.38. The van der Waals surface area contributed by atoms with Crippen LogP contribution in [0.1, 0.15) is 53.5 Å². The molecule has 192 valence electrons. The molecule has 2 bridgehead atoms. The molecule has 3 aliphatic rings. The molecule has 35 heavy (non-hydrogen) atoms. The highest BCUT2D eigenvalue weighted by Gasteiger charge is 2.80. The van der Waals surface area contributed by atoms with Crippen LogP contribution in [0.5, 0.6) is 0 Å². The number of aliphatic hydroxyl groups excluding tert-OH is 1. The lowest BCUT2D eigenvalue weighted by Crippen LogP contribution is -2.59. The Morgan fingerprint density at radius 1 is 1.17 bits per heavy atom. The van der Waals surface area contributed by atoms with Crippen molar-refractivity contribution in [1.29, 1.82) is 0 Å². The fourth-order valence-electron chi connectivity index (χ4n) is 6.61. The largest absolute Gasteiger partial charge is 0.394 e. The van der Waals surface area contributed by atoms with Crippen molar-refractivity contribution >= 4 is 17.7 Å². The molecule has 0 radical (unpaired) electrons. The summed E-state index contributed by atoms with van der Waals surface area (Å²) in [5, 5.41) is 16.2. The van der Waals surface area contributed by atoms with Crippen molar-refractivity contribution in [1.82, 2.24) is 15.5 Å². The first-order chi connectivity index (χ1) is 16.5. The molecule has 7 atom stereocenters. The first kappa shape index (κ1) is 25.6. The van der Waals surface area contributed by atoms with Gasteiger partial charge in [0.1, 0.15) is 11.6 Å². The van der Waals surface area contributed by atoms with Crippen LogP contribution in [-0.2, 0) is 25.7 Å². The number of rotatable bonds is 8. The molecule has 4 rings (SSSR count). The van der Waals surface area contributed by atoms with Gasteiger partial charge < -0.3 is 25.4 Å². The van der Waals surface area contributed by atoms with Crippen LogP contribution in [0.3, 0.4) is 0 Å². The second kappa shape index (κ2) is 9.21. The molecule has 8 nitrogen and oxygen atoms in total. The van der Waals surface area contributed by atoms with Gasteiger partial charge >= 0.3 is 0 Å². The fraction of sp³-hybridized carbons (Fsp3) is 0.667. The van der Waals surface area contributed by atoms with Crippen molar-refractivity contribution in [3.8, 4) is 0 Å². The van der Waals surface area contributed by atoms with E-state index in [4.69, 9.17) is 4.74 Å². The molecular weight excluding hydrogens is 446 g/mol. The van der Waals surface area contributed by atoms with E-state index in [0.29, 0.717) is 13.0 Å². The van der Waals surface area contributed by atoms with Gasteiger partial charge in [-0.2, -0.15) is 0 Å². The maximum absolute atomic E-state index is 14.1. The molecule has 0 saturated carbocycles. The van der Waals surface area contributed by atoms with E-state index >= 15 is 0 Å². The van der Waals surface area contributed by atoms with Crippen LogP contribution < -0.4 is 10.6 Å². The van der Waals surface area contributed by atoms with Gasteiger partial charge in [0.05, 0.1) is 30.1 Å². The Balaban J connectivity index is 1.74. The maximum atomic E-state index is 14.1. The number of hydrogen-bond donors (Lipinski definition) is 3. The average molecular weight is 486 g/mol. The molecule has 3 fully saturated rings. The summed E-state index contributed by atoms with van der Waals surface area (Å²) in [5.41, 5.74) is -1.01. The summed E-state index contributed by atoms with van der Waals surface area (Å²) in [4.78, 5) is 42.9. The van der Waals surface area contributed by atoms with Gasteiger partial charge in [-0.1, -0.05) is 51.1 Å². The van der Waals surface area contributed by atoms with E-state index < -0.39 is 35.1 Å². The van der Waals surface area contributed by atoms with E-state index in [1.54, 1.807) is 0 Å². The summed E-state index contributed by atoms with van der Waals surface area (Å²) in [6.07, 6.45) is 0.505. The monoisotopic (exact) mass is 485 g/mol. The highest BCUT2D eigenvalue weighted by molar-refractivity contribution is 5.99. The van der Waals surface area contributed by atoms with Crippen molar-refractivity contribution in [2.45, 2.75) is 83.8 Å². The summed E-state index contributed by atoms with van der Waals surface area (Å²) in [7, 11) is 0. The summed E-state index contributed by atoms with van der Waals surface area (Å²) in [6, 6.07) is 8.04. The number of benzene rings is 1. The Bertz CT molecular complexity index is 982. The molecule has 8 heteroatoms. The number of hydrogen-bond acceptors (Lipinski definition) is 5. The molecule has 1 aromatic carbocycles. The van der Waals surface area contributed by atoms with Crippen LogP contribution in [0.4, 0.5) is 0 Å². The number of ether oxygens (including phenoxy) is 1. The zero-order valence-electron chi connectivity index (χ0n) is 21.6. The van der Waals surface area contributed by atoms with Crippen LogP contribution >= 0.6 is 0 Å². The minimum absolute atomic E-state index is 0.0278. The van der Waals surface area contributed by atoms with Crippen molar-refractivity contribution < 1.29 is 24.2 Å². The number of nitrogens with one attached hydrogen (secondary N) is 2. The number of aliphatic hydroxyl groups is 1. The molecule has 0 aliphatic carbocycles. The molecule has 3 aliphatic heterocycles. The quantitative estimate of drug-likeness (QED) is 0.521. The number of amides is 3. The minimum Gasteiger partial charge on any atom is -0.394 e. The Hall–Kier alpha value is -2.45. The van der Waals surface area contributed by atoms with Crippen LogP contribution in [0.25, 0.3) is 0 Å². The molecule has 1 aromatic rings. The fourth-order valence-corrected chi connectivity index (χ4v) is 6.61. The predicted molar refractivity (Wildman–Crippen MR) is 131 cm³/mol. The third-order valence-electron chi connectivity index (χ3n) is 8.34. The first-order valence-electron chi connectivity index (χ1n) is 12.7. The maximum Gasteiger partial charge on any atom is 0.246 e. The van der Waals surface area contributed by atoms with Gasteiger partial charge in [0, 0.05) is 12.6 Å². The second-order valence-corrected chi connectivity index (χ2v) is 11.3. The number of fused-ring (bicyclic) bond motifs is 1. The molecule has 3 heterocycles. The van der Waals surface area contributed by atoms with Gasteiger partial charge in [0.15, 0.2) is 0 Å². The summed E-state index contributed by atoms with van der Waals surface area (Å²) in [6.45, 7) is 11.6. The molecule has 3 unspecified atom stereocenters. The lowest BCUT2D eigenvalue weighted by atomic mass is 9.62. The summed E-state index contributed by atoms with van der Waals surface area (Å²) < 4.78 is 6.69. The van der Waals surface area contributed by atoms with Crippen LogP contribution in [0.15, 0.2) is 30.3 Å². The first-order valence-corrected chi connectivity index (χ1v) is 12.7. The van der Waals surface area contributed by atoms with Gasteiger partial charge in [0.2, 0.25) is 17.7 Å². The van der Waals surface area contributed by atoms with Gasteiger partial charge in [-0.25, -0.2) is 0 Å². The van der Waals surface area contributed by atoms with Crippen molar-refractivity contribution in [2.75, 3.05) is 6.61 Å². The second-order valence-electron chi connectivity index (χ2n) is 11.3. The molecule has 3 N–H and O–H groups in total. The predicted octanol–water partition coefficient (Wildman–Crippen LogP) is 1.86. The molecular formula is C27H39N3O5. The Labute approximate surface area is 207 Å². The van der Waals surface area contributed by atoms with Crippen molar-refractivity contribution in [2.24, 2.45) is 23.7 Å². The van der Waals surface area contributed by atoms with Crippen molar-refractivity contribution in [3.63, 3.8) is 0 Å².